The van der Waals surface area contributed by atoms with Crippen molar-refractivity contribution >= 4 is 5.91 Å². The summed E-state index contributed by atoms with van der Waals surface area (Å²) in [5.41, 5.74) is 2.33. The van der Waals surface area contributed by atoms with Crippen LogP contribution in [-0.4, -0.2) is 24.0 Å². The fourth-order valence-corrected chi connectivity index (χ4v) is 3.11. The van der Waals surface area contributed by atoms with E-state index in [-0.39, 0.29) is 17.9 Å². The Morgan fingerprint density at radius 2 is 1.74 bits per heavy atom. The first-order chi connectivity index (χ1) is 11.3. The van der Waals surface area contributed by atoms with Gasteiger partial charge in [-0.25, -0.2) is 0 Å². The molecule has 0 N–H and O–H groups in total. The van der Waals surface area contributed by atoms with Crippen LogP contribution < -0.4 is 0 Å². The summed E-state index contributed by atoms with van der Waals surface area (Å²) in [4.78, 5) is 14.6. The lowest BCUT2D eigenvalue weighted by atomic mass is 10.1. The quantitative estimate of drug-likeness (QED) is 0.812. The molecule has 0 saturated carbocycles. The van der Waals surface area contributed by atoms with E-state index in [1.807, 2.05) is 53.4 Å². The predicted molar refractivity (Wildman–Crippen MR) is 90.8 cm³/mol. The van der Waals surface area contributed by atoms with E-state index in [0.717, 1.165) is 18.5 Å². The van der Waals surface area contributed by atoms with Gasteiger partial charge < -0.3 is 9.64 Å². The first kappa shape index (κ1) is 15.8. The molecule has 1 unspecified atom stereocenters. The van der Waals surface area contributed by atoms with Gasteiger partial charge in [0.1, 0.15) is 0 Å². The summed E-state index contributed by atoms with van der Waals surface area (Å²) >= 11 is 0. The molecule has 23 heavy (non-hydrogen) atoms. The minimum absolute atomic E-state index is 0.00938. The maximum absolute atomic E-state index is 12.6. The second-order valence-corrected chi connectivity index (χ2v) is 6.10. The summed E-state index contributed by atoms with van der Waals surface area (Å²) in [5.74, 6) is 0.208. The van der Waals surface area contributed by atoms with Crippen molar-refractivity contribution in [2.24, 2.45) is 5.92 Å². The Morgan fingerprint density at radius 1 is 1.09 bits per heavy atom. The smallest absolute Gasteiger partial charge is 0.228 e. The number of hydrogen-bond donors (Lipinski definition) is 0. The van der Waals surface area contributed by atoms with Gasteiger partial charge in [-0.1, -0.05) is 60.7 Å². The Bertz CT molecular complexity index is 627. The summed E-state index contributed by atoms with van der Waals surface area (Å²) in [7, 11) is 0. The lowest BCUT2D eigenvalue weighted by Crippen LogP contribution is -2.31. The van der Waals surface area contributed by atoms with Crippen LogP contribution in [0.15, 0.2) is 60.7 Å². The molecule has 1 amide bonds. The maximum atomic E-state index is 12.6. The number of rotatable bonds is 6. The molecule has 2 aromatic rings. The van der Waals surface area contributed by atoms with Gasteiger partial charge in [0.15, 0.2) is 0 Å². The van der Waals surface area contributed by atoms with E-state index >= 15 is 0 Å². The van der Waals surface area contributed by atoms with Gasteiger partial charge in [-0.3, -0.25) is 4.79 Å². The fraction of sp³-hybridized carbons (Fsp3) is 0.350. The molecule has 1 heterocycles. The van der Waals surface area contributed by atoms with Gasteiger partial charge in [0.25, 0.3) is 0 Å². The molecule has 0 aromatic heterocycles. The van der Waals surface area contributed by atoms with Crippen LogP contribution >= 0.6 is 0 Å². The third-order valence-corrected chi connectivity index (χ3v) is 4.53. The number of ether oxygens (including phenoxy) is 1. The molecule has 3 rings (SSSR count). The molecule has 0 aliphatic carbocycles. The van der Waals surface area contributed by atoms with Gasteiger partial charge in [0.2, 0.25) is 5.91 Å². The van der Waals surface area contributed by atoms with Crippen molar-refractivity contribution in [3.05, 3.63) is 71.8 Å². The van der Waals surface area contributed by atoms with Crippen molar-refractivity contribution < 1.29 is 9.53 Å². The van der Waals surface area contributed by atoms with Gasteiger partial charge in [-0.15, -0.1) is 0 Å². The SMILES string of the molecule is C[C@H](c1ccccc1)N1CCC(COCc2ccccc2)C1=O. The maximum Gasteiger partial charge on any atom is 0.228 e. The van der Waals surface area contributed by atoms with Crippen LogP contribution in [0.1, 0.15) is 30.5 Å². The molecule has 2 aromatic carbocycles. The summed E-state index contributed by atoms with van der Waals surface area (Å²) in [6, 6.07) is 20.4. The Balaban J connectivity index is 1.52. The predicted octanol–water partition coefficient (Wildman–Crippen LogP) is 3.81. The molecule has 1 fully saturated rings. The normalized spacial score (nSPS) is 19.1. The summed E-state index contributed by atoms with van der Waals surface area (Å²) in [6.07, 6.45) is 0.880. The van der Waals surface area contributed by atoms with E-state index in [0.29, 0.717) is 13.2 Å². The third-order valence-electron chi connectivity index (χ3n) is 4.53. The van der Waals surface area contributed by atoms with Crippen LogP contribution in [0.4, 0.5) is 0 Å². The van der Waals surface area contributed by atoms with Gasteiger partial charge in [-0.05, 0) is 24.5 Å². The Morgan fingerprint density at radius 3 is 2.43 bits per heavy atom. The molecule has 1 saturated heterocycles. The summed E-state index contributed by atoms with van der Waals surface area (Å²) < 4.78 is 5.76. The third kappa shape index (κ3) is 3.80. The molecule has 3 heteroatoms. The molecule has 3 nitrogen and oxygen atoms in total. The van der Waals surface area contributed by atoms with E-state index in [1.54, 1.807) is 0 Å². The van der Waals surface area contributed by atoms with Crippen LogP contribution in [0.25, 0.3) is 0 Å². The summed E-state index contributed by atoms with van der Waals surface area (Å²) in [6.45, 7) is 3.99. The zero-order valence-electron chi connectivity index (χ0n) is 13.5. The van der Waals surface area contributed by atoms with E-state index in [1.165, 1.54) is 5.56 Å². The standard InChI is InChI=1S/C20H23NO2/c1-16(18-10-6-3-7-11-18)21-13-12-19(20(21)22)15-23-14-17-8-4-2-5-9-17/h2-11,16,19H,12-15H2,1H3/t16-,19?/m1/s1. The van der Waals surface area contributed by atoms with Gasteiger partial charge in [0, 0.05) is 6.54 Å². The first-order valence-electron chi connectivity index (χ1n) is 8.23. The van der Waals surface area contributed by atoms with Crippen molar-refractivity contribution in [2.45, 2.75) is 26.0 Å². The molecule has 0 radical (unpaired) electrons. The van der Waals surface area contributed by atoms with Gasteiger partial charge >= 0.3 is 0 Å². The fourth-order valence-electron chi connectivity index (χ4n) is 3.11. The van der Waals surface area contributed by atoms with Crippen molar-refractivity contribution in [1.29, 1.82) is 0 Å². The average Bonchev–Trinajstić information content (AvgIpc) is 2.97. The van der Waals surface area contributed by atoms with Crippen LogP contribution in [-0.2, 0) is 16.1 Å². The lowest BCUT2D eigenvalue weighted by molar-refractivity contribution is -0.134. The second kappa shape index (κ2) is 7.42. The lowest BCUT2D eigenvalue weighted by Gasteiger charge is -2.25. The van der Waals surface area contributed by atoms with Crippen LogP contribution in [0, 0.1) is 5.92 Å². The number of carbonyl (C=O) groups is 1. The zero-order chi connectivity index (χ0) is 16.1. The minimum Gasteiger partial charge on any atom is -0.376 e. The minimum atomic E-state index is -0.00938. The molecular formula is C20H23NO2. The van der Waals surface area contributed by atoms with Crippen molar-refractivity contribution in [3.8, 4) is 0 Å². The largest absolute Gasteiger partial charge is 0.376 e. The molecule has 0 spiro atoms. The topological polar surface area (TPSA) is 29.5 Å². The highest BCUT2D eigenvalue weighted by Crippen LogP contribution is 2.28. The number of amides is 1. The number of benzene rings is 2. The zero-order valence-corrected chi connectivity index (χ0v) is 13.5. The molecule has 2 atom stereocenters. The van der Waals surface area contributed by atoms with E-state index in [2.05, 4.69) is 19.1 Å². The number of hydrogen-bond acceptors (Lipinski definition) is 2. The second-order valence-electron chi connectivity index (χ2n) is 6.10. The van der Waals surface area contributed by atoms with E-state index in [9.17, 15) is 4.79 Å². The molecule has 120 valence electrons. The number of likely N-dealkylation sites (tertiary alicyclic amines) is 1. The highest BCUT2D eigenvalue weighted by molar-refractivity contribution is 5.81. The summed E-state index contributed by atoms with van der Waals surface area (Å²) in [5, 5.41) is 0. The van der Waals surface area contributed by atoms with Crippen molar-refractivity contribution in [3.63, 3.8) is 0 Å². The first-order valence-corrected chi connectivity index (χ1v) is 8.23. The number of carbonyl (C=O) groups excluding carboxylic acids is 1. The van der Waals surface area contributed by atoms with Gasteiger partial charge in [0.05, 0.1) is 25.2 Å². The monoisotopic (exact) mass is 309 g/mol. The van der Waals surface area contributed by atoms with Gasteiger partial charge in [-0.2, -0.15) is 0 Å². The highest BCUT2D eigenvalue weighted by atomic mass is 16.5. The van der Waals surface area contributed by atoms with Crippen LogP contribution in [0.2, 0.25) is 0 Å². The molecule has 0 bridgehead atoms. The Hall–Kier alpha value is -2.13. The molecule has 1 aliphatic rings. The van der Waals surface area contributed by atoms with Crippen LogP contribution in [0.5, 0.6) is 0 Å². The van der Waals surface area contributed by atoms with E-state index in [4.69, 9.17) is 4.74 Å². The molecule has 1 aliphatic heterocycles. The Labute approximate surface area is 137 Å². The van der Waals surface area contributed by atoms with E-state index < -0.39 is 0 Å². The van der Waals surface area contributed by atoms with Crippen molar-refractivity contribution in [1.82, 2.24) is 4.90 Å². The molecular weight excluding hydrogens is 286 g/mol. The average molecular weight is 309 g/mol. The van der Waals surface area contributed by atoms with Crippen molar-refractivity contribution in [2.75, 3.05) is 13.2 Å². The highest BCUT2D eigenvalue weighted by Gasteiger charge is 2.34. The number of nitrogens with zero attached hydrogens (tertiary/aromatic N) is 1. The Kier molecular flexibility index (Phi) is 5.09. The van der Waals surface area contributed by atoms with Crippen LogP contribution in [0.3, 0.4) is 0 Å².